The maximum absolute atomic E-state index is 13.2. The quantitative estimate of drug-likeness (QED) is 0.209. The van der Waals surface area contributed by atoms with Crippen molar-refractivity contribution in [2.75, 3.05) is 20.3 Å². The minimum atomic E-state index is -5.04. The highest BCUT2D eigenvalue weighted by atomic mass is 19.4. The van der Waals surface area contributed by atoms with Crippen molar-refractivity contribution in [3.8, 4) is 0 Å². The van der Waals surface area contributed by atoms with Crippen molar-refractivity contribution in [3.63, 3.8) is 0 Å². The second-order valence-electron chi connectivity index (χ2n) is 7.94. The second-order valence-corrected chi connectivity index (χ2v) is 7.94. The van der Waals surface area contributed by atoms with Gasteiger partial charge < -0.3 is 19.9 Å². The van der Waals surface area contributed by atoms with E-state index in [0.29, 0.717) is 19.3 Å². The molecule has 1 saturated carbocycles. The number of carbonyl (C=O) groups excluding carboxylic acids is 3. The van der Waals surface area contributed by atoms with Crippen molar-refractivity contribution in [1.82, 2.24) is 4.90 Å². The molecule has 1 heterocycles. The van der Waals surface area contributed by atoms with Gasteiger partial charge in [0.15, 0.2) is 0 Å². The van der Waals surface area contributed by atoms with Crippen LogP contribution in [0.2, 0.25) is 0 Å². The first-order chi connectivity index (χ1) is 14.0. The molecule has 2 fully saturated rings. The number of alkyl halides is 3. The normalized spacial score (nSPS) is 28.9. The third-order valence-electron chi connectivity index (χ3n) is 5.82. The zero-order valence-corrected chi connectivity index (χ0v) is 17.1. The van der Waals surface area contributed by atoms with E-state index in [2.05, 4.69) is 9.53 Å². The lowest BCUT2D eigenvalue weighted by molar-refractivity contribution is -0.196. The van der Waals surface area contributed by atoms with E-state index in [4.69, 9.17) is 10.3 Å². The van der Waals surface area contributed by atoms with Crippen molar-refractivity contribution in [3.05, 3.63) is 5.53 Å². The van der Waals surface area contributed by atoms with Crippen LogP contribution in [-0.4, -0.2) is 71.6 Å². The SMILES string of the molecule is CCOC(=O)C(=[N+]=[N-])C(=O)C[C@H]1C[C@@H]2[C@@H](C[C@@H](C)C[C@H]2OC)N(C(=O)C(F)(F)F)C1. The minimum absolute atomic E-state index is 0.0418. The maximum atomic E-state index is 13.2. The Morgan fingerprint density at radius 1 is 1.20 bits per heavy atom. The van der Waals surface area contributed by atoms with Crippen molar-refractivity contribution in [2.45, 2.75) is 57.9 Å². The molecule has 168 valence electrons. The van der Waals surface area contributed by atoms with Crippen LogP contribution in [0.25, 0.3) is 5.53 Å². The Morgan fingerprint density at radius 2 is 1.87 bits per heavy atom. The molecule has 0 spiro atoms. The second kappa shape index (κ2) is 9.70. The number of ether oxygens (including phenoxy) is 2. The molecule has 8 nitrogen and oxygen atoms in total. The number of nitrogens with zero attached hydrogens (tertiary/aromatic N) is 3. The van der Waals surface area contributed by atoms with Gasteiger partial charge in [0.1, 0.15) is 0 Å². The molecule has 1 saturated heterocycles. The molecule has 2 aliphatic rings. The highest BCUT2D eigenvalue weighted by Crippen LogP contribution is 2.43. The Labute approximate surface area is 172 Å². The fourth-order valence-electron chi connectivity index (χ4n) is 4.63. The largest absolute Gasteiger partial charge is 0.471 e. The number of carbonyl (C=O) groups is 3. The van der Waals surface area contributed by atoms with Crippen molar-refractivity contribution in [1.29, 1.82) is 0 Å². The van der Waals surface area contributed by atoms with Gasteiger partial charge in [-0.1, -0.05) is 6.92 Å². The molecule has 5 atom stereocenters. The van der Waals surface area contributed by atoms with Crippen LogP contribution in [0, 0.1) is 17.8 Å². The van der Waals surface area contributed by atoms with Crippen LogP contribution >= 0.6 is 0 Å². The number of esters is 1. The molecule has 30 heavy (non-hydrogen) atoms. The molecule has 2 rings (SSSR count). The molecule has 0 N–H and O–H groups in total. The average Bonchev–Trinajstić information content (AvgIpc) is 2.66. The molecule has 0 aromatic rings. The molecular formula is C19H26F3N3O5. The summed E-state index contributed by atoms with van der Waals surface area (Å²) in [6, 6.07) is -0.643. The van der Waals surface area contributed by atoms with Gasteiger partial charge in [-0.3, -0.25) is 9.59 Å². The van der Waals surface area contributed by atoms with Gasteiger partial charge in [0.05, 0.1) is 12.7 Å². The number of amides is 1. The van der Waals surface area contributed by atoms with Gasteiger partial charge in [-0.05, 0) is 38.0 Å². The summed E-state index contributed by atoms with van der Waals surface area (Å²) in [5.74, 6) is -4.85. The number of rotatable bonds is 6. The molecule has 0 aromatic heterocycles. The summed E-state index contributed by atoms with van der Waals surface area (Å²) >= 11 is 0. The first-order valence-electron chi connectivity index (χ1n) is 9.86. The summed E-state index contributed by atoms with van der Waals surface area (Å²) in [6.07, 6.45) is -4.34. The first kappa shape index (κ1) is 24.0. The van der Waals surface area contributed by atoms with Gasteiger partial charge in [0, 0.05) is 32.0 Å². The number of hydrogen-bond donors (Lipinski definition) is 0. The van der Waals surface area contributed by atoms with E-state index < -0.39 is 41.5 Å². The molecule has 0 aromatic carbocycles. The molecule has 11 heteroatoms. The van der Waals surface area contributed by atoms with E-state index in [-0.39, 0.29) is 37.5 Å². The monoisotopic (exact) mass is 433 g/mol. The molecule has 0 bridgehead atoms. The summed E-state index contributed by atoms with van der Waals surface area (Å²) < 4.78 is 49.8. The number of Topliss-reactive ketones (excluding diaryl/α,β-unsaturated/α-hetero) is 1. The number of ketones is 1. The van der Waals surface area contributed by atoms with E-state index >= 15 is 0 Å². The minimum Gasteiger partial charge on any atom is -0.457 e. The number of hydrogen-bond acceptors (Lipinski definition) is 5. The lowest BCUT2D eigenvalue weighted by atomic mass is 9.69. The first-order valence-corrected chi connectivity index (χ1v) is 9.86. The van der Waals surface area contributed by atoms with Crippen LogP contribution in [0.1, 0.15) is 39.5 Å². The van der Waals surface area contributed by atoms with Gasteiger partial charge >= 0.3 is 23.8 Å². The van der Waals surface area contributed by atoms with Crippen LogP contribution in [0.15, 0.2) is 0 Å². The Hall–Kier alpha value is -2.26. The lowest BCUT2D eigenvalue weighted by Gasteiger charge is -2.51. The number of methoxy groups -OCH3 is 1. The van der Waals surface area contributed by atoms with E-state index in [1.165, 1.54) is 14.0 Å². The van der Waals surface area contributed by atoms with Gasteiger partial charge in [0.2, 0.25) is 0 Å². The third kappa shape index (κ3) is 5.26. The number of fused-ring (bicyclic) bond motifs is 1. The standard InChI is InChI=1S/C19H26F3N3O5/c1-4-30-17(27)16(24-23)14(26)8-11-7-12-13(5-10(2)6-15(12)29-3)25(9-11)18(28)19(20,21)22/h10-13,15H,4-9H2,1-3H3/t10-,11-,12-,13-,15-/m1/s1. The predicted octanol–water partition coefficient (Wildman–Crippen LogP) is 2.02. The topological polar surface area (TPSA) is 109 Å². The smallest absolute Gasteiger partial charge is 0.457 e. The van der Waals surface area contributed by atoms with Crippen LogP contribution in [0.5, 0.6) is 0 Å². The molecule has 0 radical (unpaired) electrons. The van der Waals surface area contributed by atoms with Crippen LogP contribution in [0.4, 0.5) is 13.2 Å². The van der Waals surface area contributed by atoms with Crippen LogP contribution < -0.4 is 0 Å². The summed E-state index contributed by atoms with van der Waals surface area (Å²) in [5, 5.41) is 0. The Balaban J connectivity index is 2.27. The predicted molar refractivity (Wildman–Crippen MR) is 97.2 cm³/mol. The zero-order valence-electron chi connectivity index (χ0n) is 17.1. The van der Waals surface area contributed by atoms with Gasteiger partial charge in [-0.15, -0.1) is 0 Å². The highest BCUT2D eigenvalue weighted by Gasteiger charge is 2.52. The van der Waals surface area contributed by atoms with Crippen LogP contribution in [-0.2, 0) is 23.9 Å². The van der Waals surface area contributed by atoms with E-state index in [1.54, 1.807) is 0 Å². The lowest BCUT2D eigenvalue weighted by Crippen LogP contribution is -2.60. The van der Waals surface area contributed by atoms with E-state index in [1.807, 2.05) is 6.92 Å². The van der Waals surface area contributed by atoms with Crippen LogP contribution in [0.3, 0.4) is 0 Å². The van der Waals surface area contributed by atoms with Crippen molar-refractivity contribution in [2.24, 2.45) is 17.8 Å². The summed E-state index contributed by atoms with van der Waals surface area (Å²) in [7, 11) is 1.47. The summed E-state index contributed by atoms with van der Waals surface area (Å²) in [5.41, 5.74) is 8.19. The maximum Gasteiger partial charge on any atom is 0.471 e. The van der Waals surface area contributed by atoms with E-state index in [9.17, 15) is 27.6 Å². The van der Waals surface area contributed by atoms with Crippen molar-refractivity contribution >= 4 is 23.4 Å². The zero-order chi connectivity index (χ0) is 22.6. The Morgan fingerprint density at radius 3 is 2.40 bits per heavy atom. The van der Waals surface area contributed by atoms with Gasteiger partial charge in [0.25, 0.3) is 5.78 Å². The molecule has 0 unspecified atom stereocenters. The molecule has 1 aliphatic carbocycles. The fourth-order valence-corrected chi connectivity index (χ4v) is 4.63. The number of piperidine rings is 1. The van der Waals surface area contributed by atoms with Gasteiger partial charge in [-0.2, -0.15) is 18.0 Å². The Kier molecular flexibility index (Phi) is 7.76. The van der Waals surface area contributed by atoms with E-state index in [0.717, 1.165) is 4.90 Å². The fraction of sp³-hybridized carbons (Fsp3) is 0.789. The Bertz CT molecular complexity index is 735. The van der Waals surface area contributed by atoms with Crippen molar-refractivity contribution < 1.29 is 41.8 Å². The third-order valence-corrected chi connectivity index (χ3v) is 5.82. The number of likely N-dealkylation sites (tertiary alicyclic amines) is 1. The average molecular weight is 433 g/mol. The summed E-state index contributed by atoms with van der Waals surface area (Å²) in [6.45, 7) is 3.08. The molecular weight excluding hydrogens is 407 g/mol. The number of halogens is 3. The highest BCUT2D eigenvalue weighted by molar-refractivity contribution is 6.62. The van der Waals surface area contributed by atoms with Gasteiger partial charge in [-0.25, -0.2) is 4.79 Å². The molecule has 1 amide bonds. The molecule has 1 aliphatic heterocycles. The summed E-state index contributed by atoms with van der Waals surface area (Å²) in [4.78, 5) is 39.8.